The Kier molecular flexibility index (Phi) is 2.41. The average Bonchev–Trinajstić information content (AvgIpc) is 2.49. The highest BCUT2D eigenvalue weighted by molar-refractivity contribution is 6.05. The molecule has 1 amide bonds. The lowest BCUT2D eigenvalue weighted by atomic mass is 9.83. The van der Waals surface area contributed by atoms with Crippen LogP contribution in [0.3, 0.4) is 0 Å². The highest BCUT2D eigenvalue weighted by Gasteiger charge is 2.51. The van der Waals surface area contributed by atoms with E-state index in [0.717, 1.165) is 17.7 Å². The topological polar surface area (TPSA) is 58.6 Å². The van der Waals surface area contributed by atoms with Gasteiger partial charge in [-0.25, -0.2) is 0 Å². The Morgan fingerprint density at radius 3 is 3.17 bits per heavy atom. The zero-order valence-corrected chi connectivity index (χ0v) is 10.1. The number of fused-ring (bicyclic) bond motifs is 2. The van der Waals surface area contributed by atoms with Gasteiger partial charge in [-0.05, 0) is 24.6 Å². The van der Waals surface area contributed by atoms with Gasteiger partial charge in [0.15, 0.2) is 5.60 Å². The zero-order chi connectivity index (χ0) is 12.8. The van der Waals surface area contributed by atoms with Crippen LogP contribution in [0, 0.1) is 5.92 Å². The first-order chi connectivity index (χ1) is 8.64. The largest absolute Gasteiger partial charge is 0.508 e. The number of rotatable bonds is 0. The van der Waals surface area contributed by atoms with Crippen LogP contribution in [0.2, 0.25) is 0 Å². The molecule has 94 valence electrons. The number of aromatic hydroxyl groups is 1. The number of carbonyl (C=O) groups is 1. The molecule has 4 heteroatoms. The summed E-state index contributed by atoms with van der Waals surface area (Å²) in [5, 5.41) is 12.5. The highest BCUT2D eigenvalue weighted by atomic mass is 16.5. The molecule has 1 aromatic carbocycles. The third-order valence-corrected chi connectivity index (χ3v) is 3.67. The molecule has 18 heavy (non-hydrogen) atoms. The average molecular weight is 245 g/mol. The van der Waals surface area contributed by atoms with Crippen molar-refractivity contribution in [3.8, 4) is 5.75 Å². The molecule has 2 atom stereocenters. The van der Waals surface area contributed by atoms with Gasteiger partial charge in [0.2, 0.25) is 0 Å². The normalized spacial score (nSPS) is 30.1. The SMILES string of the molecule is C[C@@H]1C=CCCO[C@]12C(=O)Nc1ccc(O)cc12. The van der Waals surface area contributed by atoms with E-state index in [1.807, 2.05) is 19.1 Å². The summed E-state index contributed by atoms with van der Waals surface area (Å²) in [6, 6.07) is 4.89. The van der Waals surface area contributed by atoms with Crippen LogP contribution in [0.5, 0.6) is 5.75 Å². The van der Waals surface area contributed by atoms with Crippen molar-refractivity contribution in [3.63, 3.8) is 0 Å². The number of anilines is 1. The minimum absolute atomic E-state index is 0.0666. The van der Waals surface area contributed by atoms with E-state index in [1.54, 1.807) is 18.2 Å². The van der Waals surface area contributed by atoms with Crippen molar-refractivity contribution in [2.24, 2.45) is 5.92 Å². The quantitative estimate of drug-likeness (QED) is 0.544. The lowest BCUT2D eigenvalue weighted by Crippen LogP contribution is -2.42. The molecule has 2 heterocycles. The van der Waals surface area contributed by atoms with Crippen LogP contribution >= 0.6 is 0 Å². The molecular weight excluding hydrogens is 230 g/mol. The summed E-state index contributed by atoms with van der Waals surface area (Å²) in [7, 11) is 0. The van der Waals surface area contributed by atoms with E-state index in [4.69, 9.17) is 4.74 Å². The molecule has 1 spiro atoms. The van der Waals surface area contributed by atoms with Crippen molar-refractivity contribution < 1.29 is 14.6 Å². The summed E-state index contributed by atoms with van der Waals surface area (Å²) in [6.45, 7) is 2.46. The van der Waals surface area contributed by atoms with Gasteiger partial charge in [-0.3, -0.25) is 4.79 Å². The zero-order valence-electron chi connectivity index (χ0n) is 10.1. The summed E-state index contributed by atoms with van der Waals surface area (Å²) in [5.41, 5.74) is 0.452. The van der Waals surface area contributed by atoms with E-state index >= 15 is 0 Å². The Morgan fingerprint density at radius 2 is 2.33 bits per heavy atom. The van der Waals surface area contributed by atoms with Crippen molar-refractivity contribution in [2.75, 3.05) is 11.9 Å². The molecule has 2 aliphatic rings. The first-order valence-electron chi connectivity index (χ1n) is 6.10. The van der Waals surface area contributed by atoms with Gasteiger partial charge in [0.05, 0.1) is 6.61 Å². The molecule has 3 rings (SSSR count). The van der Waals surface area contributed by atoms with E-state index in [0.29, 0.717) is 6.61 Å². The van der Waals surface area contributed by atoms with Crippen LogP contribution in [0.15, 0.2) is 30.4 Å². The fraction of sp³-hybridized carbons (Fsp3) is 0.357. The molecule has 0 aromatic heterocycles. The molecule has 0 radical (unpaired) electrons. The minimum Gasteiger partial charge on any atom is -0.508 e. The van der Waals surface area contributed by atoms with Gasteiger partial charge in [-0.15, -0.1) is 0 Å². The number of phenols is 1. The van der Waals surface area contributed by atoms with Gasteiger partial charge in [0.1, 0.15) is 5.75 Å². The van der Waals surface area contributed by atoms with E-state index in [2.05, 4.69) is 5.32 Å². The van der Waals surface area contributed by atoms with Crippen LogP contribution in [0.4, 0.5) is 5.69 Å². The smallest absolute Gasteiger partial charge is 0.261 e. The molecule has 2 N–H and O–H groups in total. The summed E-state index contributed by atoms with van der Waals surface area (Å²) >= 11 is 0. The van der Waals surface area contributed by atoms with Gasteiger partial charge < -0.3 is 15.2 Å². The van der Waals surface area contributed by atoms with Crippen LogP contribution in [-0.4, -0.2) is 17.6 Å². The number of hydrogen-bond donors (Lipinski definition) is 2. The maximum absolute atomic E-state index is 12.3. The summed E-state index contributed by atoms with van der Waals surface area (Å²) in [4.78, 5) is 12.3. The third-order valence-electron chi connectivity index (χ3n) is 3.67. The standard InChI is InChI=1S/C14H15NO3/c1-9-4-2-3-7-18-14(9)11-8-10(16)5-6-12(11)15-13(14)17/h2,4-6,8-9,16H,3,7H2,1H3,(H,15,17)/t9-,14-/m1/s1. The monoisotopic (exact) mass is 245 g/mol. The third kappa shape index (κ3) is 1.39. The van der Waals surface area contributed by atoms with Gasteiger partial charge >= 0.3 is 0 Å². The number of hydrogen-bond acceptors (Lipinski definition) is 3. The predicted octanol–water partition coefficient (Wildman–Crippen LogP) is 2.15. The first kappa shape index (κ1) is 11.3. The van der Waals surface area contributed by atoms with Crippen molar-refractivity contribution in [3.05, 3.63) is 35.9 Å². The Hall–Kier alpha value is -1.81. The second kappa shape index (κ2) is 3.85. The van der Waals surface area contributed by atoms with E-state index in [-0.39, 0.29) is 17.6 Å². The minimum atomic E-state index is -0.999. The second-order valence-electron chi connectivity index (χ2n) is 4.77. The molecule has 2 aliphatic heterocycles. The van der Waals surface area contributed by atoms with Gasteiger partial charge in [0, 0.05) is 17.2 Å². The molecule has 4 nitrogen and oxygen atoms in total. The molecule has 0 aliphatic carbocycles. The summed E-state index contributed by atoms with van der Waals surface area (Å²) in [5.74, 6) is -0.0705. The van der Waals surface area contributed by atoms with Crippen molar-refractivity contribution in [2.45, 2.75) is 18.9 Å². The van der Waals surface area contributed by atoms with E-state index in [9.17, 15) is 9.90 Å². The summed E-state index contributed by atoms with van der Waals surface area (Å²) in [6.07, 6.45) is 4.84. The Bertz CT molecular complexity index is 538. The number of phenolic OH excluding ortho intramolecular Hbond substituents is 1. The maximum Gasteiger partial charge on any atom is 0.261 e. The highest BCUT2D eigenvalue weighted by Crippen LogP contribution is 2.46. The number of nitrogens with one attached hydrogen (secondary N) is 1. The van der Waals surface area contributed by atoms with Gasteiger partial charge in [-0.1, -0.05) is 19.1 Å². The fourth-order valence-electron chi connectivity index (χ4n) is 2.74. The molecule has 0 fully saturated rings. The molecule has 0 saturated heterocycles. The van der Waals surface area contributed by atoms with Crippen molar-refractivity contribution >= 4 is 11.6 Å². The number of ether oxygens (including phenoxy) is 1. The Labute approximate surface area is 105 Å². The number of amides is 1. The molecular formula is C14H15NO3. The van der Waals surface area contributed by atoms with Gasteiger partial charge in [0.25, 0.3) is 5.91 Å². The van der Waals surface area contributed by atoms with Crippen molar-refractivity contribution in [1.82, 2.24) is 0 Å². The molecule has 0 bridgehead atoms. The van der Waals surface area contributed by atoms with E-state index in [1.165, 1.54) is 0 Å². The Morgan fingerprint density at radius 1 is 1.50 bits per heavy atom. The fourth-order valence-corrected chi connectivity index (χ4v) is 2.74. The second-order valence-corrected chi connectivity index (χ2v) is 4.77. The van der Waals surface area contributed by atoms with Crippen LogP contribution in [0.1, 0.15) is 18.9 Å². The lowest BCUT2D eigenvalue weighted by Gasteiger charge is -2.30. The molecule has 1 aromatic rings. The van der Waals surface area contributed by atoms with Crippen LogP contribution < -0.4 is 5.32 Å². The van der Waals surface area contributed by atoms with Crippen molar-refractivity contribution in [1.29, 1.82) is 0 Å². The predicted molar refractivity (Wildman–Crippen MR) is 67.3 cm³/mol. The molecule has 0 saturated carbocycles. The van der Waals surface area contributed by atoms with Crippen LogP contribution in [-0.2, 0) is 15.1 Å². The number of carbonyl (C=O) groups excluding carboxylic acids is 1. The maximum atomic E-state index is 12.3. The first-order valence-corrected chi connectivity index (χ1v) is 6.10. The lowest BCUT2D eigenvalue weighted by molar-refractivity contribution is -0.145. The van der Waals surface area contributed by atoms with Gasteiger partial charge in [-0.2, -0.15) is 0 Å². The van der Waals surface area contributed by atoms with E-state index < -0.39 is 5.60 Å². The van der Waals surface area contributed by atoms with Crippen LogP contribution in [0.25, 0.3) is 0 Å². The molecule has 0 unspecified atom stereocenters. The number of benzene rings is 1. The summed E-state index contributed by atoms with van der Waals surface area (Å²) < 4.78 is 5.87. The Balaban J connectivity index is 2.19.